The van der Waals surface area contributed by atoms with Crippen LogP contribution in [-0.4, -0.2) is 54.0 Å². The van der Waals surface area contributed by atoms with Gasteiger partial charge < -0.3 is 20.3 Å². The Bertz CT molecular complexity index is 892. The van der Waals surface area contributed by atoms with Crippen molar-refractivity contribution >= 4 is 41.7 Å². The van der Waals surface area contributed by atoms with Gasteiger partial charge in [-0.3, -0.25) is 9.79 Å². The predicted molar refractivity (Wildman–Crippen MR) is 135 cm³/mol. The Labute approximate surface area is 205 Å². The number of morpholine rings is 1. The quantitative estimate of drug-likeness (QED) is 0.321. The van der Waals surface area contributed by atoms with Crippen molar-refractivity contribution in [1.82, 2.24) is 15.2 Å². The standard InChI is InChI=1S/C23H30FN5O2.HI/c1-4-25-23(26-12-11-22(30)28-21-10-5-16(2)13-27-21)29-14-17(3)31-20(15-29)18-6-8-19(24)9-7-18;/h5-10,13,17,20H,4,11-12,14-15H2,1-3H3,(H,25,26)(H,27,28,30);1H. The van der Waals surface area contributed by atoms with Gasteiger partial charge in [-0.05, 0) is 50.1 Å². The molecular weight excluding hydrogens is 524 g/mol. The lowest BCUT2D eigenvalue weighted by atomic mass is 10.1. The minimum Gasteiger partial charge on any atom is -0.367 e. The summed E-state index contributed by atoms with van der Waals surface area (Å²) in [5.74, 6) is 0.885. The number of hydrogen-bond acceptors (Lipinski definition) is 4. The first kappa shape index (κ1) is 26.0. The number of ether oxygens (including phenoxy) is 1. The SMILES string of the molecule is CCNC(=NCCC(=O)Nc1ccc(C)cn1)N1CC(C)OC(c2ccc(F)cc2)C1.I. The van der Waals surface area contributed by atoms with Crippen molar-refractivity contribution in [3.8, 4) is 0 Å². The van der Waals surface area contributed by atoms with Crippen LogP contribution < -0.4 is 10.6 Å². The molecular formula is C23H31FIN5O2. The molecule has 2 unspecified atom stereocenters. The van der Waals surface area contributed by atoms with Gasteiger partial charge in [-0.15, -0.1) is 24.0 Å². The highest BCUT2D eigenvalue weighted by molar-refractivity contribution is 14.0. The number of aryl methyl sites for hydroxylation is 1. The van der Waals surface area contributed by atoms with Crippen LogP contribution in [0.2, 0.25) is 0 Å². The van der Waals surface area contributed by atoms with Gasteiger partial charge in [0.25, 0.3) is 0 Å². The van der Waals surface area contributed by atoms with Crippen molar-refractivity contribution < 1.29 is 13.9 Å². The number of aliphatic imine (C=N–C) groups is 1. The van der Waals surface area contributed by atoms with E-state index < -0.39 is 0 Å². The van der Waals surface area contributed by atoms with E-state index in [2.05, 4.69) is 25.5 Å². The maximum Gasteiger partial charge on any atom is 0.227 e. The van der Waals surface area contributed by atoms with E-state index in [1.54, 1.807) is 24.4 Å². The minimum absolute atomic E-state index is 0. The Morgan fingerprint density at radius 2 is 2.00 bits per heavy atom. The van der Waals surface area contributed by atoms with Crippen molar-refractivity contribution in [2.75, 3.05) is 31.5 Å². The van der Waals surface area contributed by atoms with Crippen LogP contribution in [0.5, 0.6) is 0 Å². The third kappa shape index (κ3) is 7.70. The second-order valence-electron chi connectivity index (χ2n) is 7.65. The molecule has 1 aromatic heterocycles. The number of guanidine groups is 1. The first-order chi connectivity index (χ1) is 14.9. The first-order valence-corrected chi connectivity index (χ1v) is 10.6. The van der Waals surface area contributed by atoms with E-state index in [4.69, 9.17) is 4.74 Å². The van der Waals surface area contributed by atoms with Crippen LogP contribution in [0.15, 0.2) is 47.6 Å². The second kappa shape index (κ2) is 12.7. The minimum atomic E-state index is -0.265. The number of benzene rings is 1. The van der Waals surface area contributed by atoms with Gasteiger partial charge in [0.2, 0.25) is 5.91 Å². The molecule has 7 nitrogen and oxygen atoms in total. The van der Waals surface area contributed by atoms with Crippen molar-refractivity contribution in [2.45, 2.75) is 39.4 Å². The number of hydrogen-bond donors (Lipinski definition) is 2. The lowest BCUT2D eigenvalue weighted by Crippen LogP contribution is -2.50. The van der Waals surface area contributed by atoms with Crippen LogP contribution in [0.25, 0.3) is 0 Å². The molecule has 1 saturated heterocycles. The molecule has 1 aliphatic rings. The summed E-state index contributed by atoms with van der Waals surface area (Å²) in [6, 6.07) is 10.1. The number of rotatable bonds is 6. The molecule has 0 radical (unpaired) electrons. The Morgan fingerprint density at radius 3 is 2.66 bits per heavy atom. The van der Waals surface area contributed by atoms with E-state index in [1.165, 1.54) is 12.1 Å². The average Bonchev–Trinajstić information content (AvgIpc) is 2.75. The van der Waals surface area contributed by atoms with Gasteiger partial charge in [0, 0.05) is 25.7 Å². The molecule has 0 bridgehead atoms. The zero-order valence-electron chi connectivity index (χ0n) is 18.7. The molecule has 0 spiro atoms. The molecule has 1 amide bonds. The van der Waals surface area contributed by atoms with Crippen molar-refractivity contribution in [3.05, 3.63) is 59.5 Å². The summed E-state index contributed by atoms with van der Waals surface area (Å²) in [6.45, 7) is 8.31. The number of amides is 1. The van der Waals surface area contributed by atoms with Crippen LogP contribution in [0.3, 0.4) is 0 Å². The van der Waals surface area contributed by atoms with E-state index in [0.29, 0.717) is 32.0 Å². The number of carbonyl (C=O) groups excluding carboxylic acids is 1. The summed E-state index contributed by atoms with van der Waals surface area (Å²) in [6.07, 6.45) is 1.78. The van der Waals surface area contributed by atoms with Crippen molar-refractivity contribution in [3.63, 3.8) is 0 Å². The first-order valence-electron chi connectivity index (χ1n) is 10.6. The van der Waals surface area contributed by atoms with Gasteiger partial charge in [0.1, 0.15) is 17.7 Å². The van der Waals surface area contributed by atoms with Crippen LogP contribution >= 0.6 is 24.0 Å². The fourth-order valence-corrected chi connectivity index (χ4v) is 3.42. The third-order valence-electron chi connectivity index (χ3n) is 4.92. The Morgan fingerprint density at radius 1 is 1.25 bits per heavy atom. The average molecular weight is 555 g/mol. The van der Waals surface area contributed by atoms with Crippen LogP contribution in [0, 0.1) is 12.7 Å². The number of pyridine rings is 1. The summed E-state index contributed by atoms with van der Waals surface area (Å²) >= 11 is 0. The molecule has 1 aromatic carbocycles. The van der Waals surface area contributed by atoms with E-state index >= 15 is 0 Å². The Kier molecular flexibility index (Phi) is 10.3. The summed E-state index contributed by atoms with van der Waals surface area (Å²) in [5.41, 5.74) is 1.97. The van der Waals surface area contributed by atoms with Gasteiger partial charge >= 0.3 is 0 Å². The molecule has 2 N–H and O–H groups in total. The maximum atomic E-state index is 13.3. The summed E-state index contributed by atoms with van der Waals surface area (Å²) in [7, 11) is 0. The molecule has 2 atom stereocenters. The summed E-state index contributed by atoms with van der Waals surface area (Å²) in [4.78, 5) is 23.2. The Balaban J connectivity index is 0.00000363. The molecule has 0 aliphatic carbocycles. The molecule has 9 heteroatoms. The number of aromatic nitrogens is 1. The topological polar surface area (TPSA) is 78.8 Å². The molecule has 3 rings (SSSR count). The predicted octanol–water partition coefficient (Wildman–Crippen LogP) is 3.90. The fourth-order valence-electron chi connectivity index (χ4n) is 3.42. The maximum absolute atomic E-state index is 13.3. The third-order valence-corrected chi connectivity index (χ3v) is 4.92. The van der Waals surface area contributed by atoms with Gasteiger partial charge in [0.15, 0.2) is 5.96 Å². The molecule has 1 fully saturated rings. The van der Waals surface area contributed by atoms with Crippen LogP contribution in [-0.2, 0) is 9.53 Å². The lowest BCUT2D eigenvalue weighted by molar-refractivity contribution is -0.116. The van der Waals surface area contributed by atoms with Crippen LogP contribution in [0.4, 0.5) is 10.2 Å². The normalized spacial score (nSPS) is 18.6. The van der Waals surface area contributed by atoms with Gasteiger partial charge in [0.05, 0.1) is 19.2 Å². The van der Waals surface area contributed by atoms with Crippen molar-refractivity contribution in [2.24, 2.45) is 4.99 Å². The molecule has 32 heavy (non-hydrogen) atoms. The number of nitrogens with one attached hydrogen (secondary N) is 2. The van der Waals surface area contributed by atoms with Crippen LogP contribution in [0.1, 0.15) is 37.5 Å². The number of carbonyl (C=O) groups is 1. The fraction of sp³-hybridized carbons (Fsp3) is 0.435. The largest absolute Gasteiger partial charge is 0.367 e. The van der Waals surface area contributed by atoms with Gasteiger partial charge in [-0.1, -0.05) is 18.2 Å². The molecule has 2 heterocycles. The van der Waals surface area contributed by atoms with E-state index in [1.807, 2.05) is 26.8 Å². The zero-order valence-corrected chi connectivity index (χ0v) is 21.0. The highest BCUT2D eigenvalue weighted by Gasteiger charge is 2.28. The molecule has 174 valence electrons. The Hall–Kier alpha value is -2.27. The monoisotopic (exact) mass is 555 g/mol. The van der Waals surface area contributed by atoms with Gasteiger partial charge in [-0.2, -0.15) is 0 Å². The molecule has 2 aromatic rings. The number of halogens is 2. The summed E-state index contributed by atoms with van der Waals surface area (Å²) in [5, 5.41) is 6.09. The van der Waals surface area contributed by atoms with E-state index in [9.17, 15) is 9.18 Å². The highest BCUT2D eigenvalue weighted by atomic mass is 127. The summed E-state index contributed by atoms with van der Waals surface area (Å²) < 4.78 is 19.3. The van der Waals surface area contributed by atoms with E-state index in [0.717, 1.165) is 17.1 Å². The van der Waals surface area contributed by atoms with Gasteiger partial charge in [-0.25, -0.2) is 9.37 Å². The van der Waals surface area contributed by atoms with Crippen molar-refractivity contribution in [1.29, 1.82) is 0 Å². The number of anilines is 1. The molecule has 1 aliphatic heterocycles. The number of nitrogens with zero attached hydrogens (tertiary/aromatic N) is 3. The highest BCUT2D eigenvalue weighted by Crippen LogP contribution is 2.25. The molecule has 0 saturated carbocycles. The second-order valence-corrected chi connectivity index (χ2v) is 7.65. The van der Waals surface area contributed by atoms with E-state index in [-0.39, 0.29) is 54.3 Å². The lowest BCUT2D eigenvalue weighted by Gasteiger charge is -2.38. The zero-order chi connectivity index (χ0) is 22.2. The smallest absolute Gasteiger partial charge is 0.227 e.